The first-order chi connectivity index (χ1) is 15.8. The van der Waals surface area contributed by atoms with Crippen molar-refractivity contribution < 1.29 is 9.18 Å². The predicted molar refractivity (Wildman–Crippen MR) is 130 cm³/mol. The van der Waals surface area contributed by atoms with Gasteiger partial charge in [0, 0.05) is 36.0 Å². The minimum Gasteiger partial charge on any atom is -0.373 e. The fourth-order valence-electron chi connectivity index (χ4n) is 4.03. The number of benzene rings is 1. The molecular formula is C26H32FN5O. The van der Waals surface area contributed by atoms with Gasteiger partial charge >= 0.3 is 0 Å². The first-order valence-electron chi connectivity index (χ1n) is 11.2. The number of ketones is 1. The van der Waals surface area contributed by atoms with Crippen molar-refractivity contribution in [3.63, 3.8) is 0 Å². The standard InChI is InChI=1S/C26H32FN5O/c1-7-12-22(33)26(5,9-3)23-17(4)29-24(30-25(23)28-6)21-15-19(8-2)32(31-21)16-18-13-10-11-14-20(18)27/h9-11,13-15,28H,3-4,7-8,12,16H2,1-2,5-6H3,(H,29,30). The number of hydrogen-bond acceptors (Lipinski definition) is 5. The number of hydrogen-bond donors (Lipinski definition) is 2. The summed E-state index contributed by atoms with van der Waals surface area (Å²) in [5, 5.41) is 11.0. The number of aliphatic imine (C=N–C) groups is 1. The van der Waals surface area contributed by atoms with Crippen LogP contribution in [-0.2, 0) is 17.8 Å². The number of aryl methyl sites for hydroxylation is 1. The van der Waals surface area contributed by atoms with Gasteiger partial charge in [0.15, 0.2) is 5.84 Å². The Morgan fingerprint density at radius 2 is 2.06 bits per heavy atom. The third-order valence-electron chi connectivity index (χ3n) is 6.00. The Kier molecular flexibility index (Phi) is 7.31. The van der Waals surface area contributed by atoms with Crippen LogP contribution in [0.1, 0.15) is 50.6 Å². The Morgan fingerprint density at radius 3 is 2.67 bits per heavy atom. The topological polar surface area (TPSA) is 71.3 Å². The van der Waals surface area contributed by atoms with E-state index in [1.165, 1.54) is 6.07 Å². The Balaban J connectivity index is 2.04. The first-order valence-corrected chi connectivity index (χ1v) is 11.2. The van der Waals surface area contributed by atoms with Crippen LogP contribution in [0.4, 0.5) is 4.39 Å². The maximum Gasteiger partial charge on any atom is 0.160 e. The molecule has 1 aliphatic heterocycles. The van der Waals surface area contributed by atoms with E-state index in [0.717, 1.165) is 18.5 Å². The highest BCUT2D eigenvalue weighted by molar-refractivity contribution is 6.01. The van der Waals surface area contributed by atoms with Crippen LogP contribution in [-0.4, -0.2) is 28.4 Å². The summed E-state index contributed by atoms with van der Waals surface area (Å²) in [6, 6.07) is 8.63. The van der Waals surface area contributed by atoms with Crippen LogP contribution in [0.15, 0.2) is 71.6 Å². The Morgan fingerprint density at radius 1 is 1.33 bits per heavy atom. The third-order valence-corrected chi connectivity index (χ3v) is 6.00. The minimum absolute atomic E-state index is 0.0618. The molecule has 0 saturated heterocycles. The molecule has 0 aliphatic carbocycles. The smallest absolute Gasteiger partial charge is 0.160 e. The summed E-state index contributed by atoms with van der Waals surface area (Å²) in [7, 11) is 1.76. The quantitative estimate of drug-likeness (QED) is 0.525. The van der Waals surface area contributed by atoms with Crippen LogP contribution in [0, 0.1) is 11.2 Å². The zero-order valence-corrected chi connectivity index (χ0v) is 19.8. The number of halogens is 1. The van der Waals surface area contributed by atoms with E-state index in [1.54, 1.807) is 29.9 Å². The van der Waals surface area contributed by atoms with Crippen LogP contribution in [0.2, 0.25) is 0 Å². The van der Waals surface area contributed by atoms with Crippen molar-refractivity contribution in [3.8, 4) is 0 Å². The van der Waals surface area contributed by atoms with E-state index in [9.17, 15) is 9.18 Å². The number of nitrogens with one attached hydrogen (secondary N) is 2. The molecule has 0 spiro atoms. The SMILES string of the molecule is C=CC(C)(C(=O)CCC)C1=C(NC)N=C(c2cc(CC)n(Cc3ccccc3F)n2)NC1=C. The molecule has 0 saturated carbocycles. The predicted octanol–water partition coefficient (Wildman–Crippen LogP) is 4.49. The number of allylic oxidation sites excluding steroid dienone is 2. The normalized spacial score (nSPS) is 15.5. The largest absolute Gasteiger partial charge is 0.373 e. The Bertz CT molecular complexity index is 1140. The number of rotatable bonds is 10. The second kappa shape index (κ2) is 9.98. The number of nitrogens with zero attached hydrogens (tertiary/aromatic N) is 3. The van der Waals surface area contributed by atoms with Gasteiger partial charge in [-0.3, -0.25) is 9.48 Å². The molecule has 0 fully saturated rings. The summed E-state index contributed by atoms with van der Waals surface area (Å²) in [5.41, 5.74) is 2.46. The molecule has 7 heteroatoms. The fourth-order valence-corrected chi connectivity index (χ4v) is 4.03. The lowest BCUT2D eigenvalue weighted by molar-refractivity contribution is -0.124. The molecule has 3 rings (SSSR count). The molecule has 1 aliphatic rings. The van der Waals surface area contributed by atoms with Crippen molar-refractivity contribution in [2.75, 3.05) is 7.05 Å². The highest BCUT2D eigenvalue weighted by Gasteiger charge is 2.39. The van der Waals surface area contributed by atoms with Gasteiger partial charge in [0.2, 0.25) is 0 Å². The van der Waals surface area contributed by atoms with E-state index < -0.39 is 5.41 Å². The lowest BCUT2D eigenvalue weighted by Gasteiger charge is -2.33. The molecule has 1 atom stereocenters. The van der Waals surface area contributed by atoms with Crippen molar-refractivity contribution in [2.45, 2.75) is 46.6 Å². The molecule has 0 radical (unpaired) electrons. The molecular weight excluding hydrogens is 417 g/mol. The summed E-state index contributed by atoms with van der Waals surface area (Å²) in [5.74, 6) is 0.863. The molecule has 2 heterocycles. The highest BCUT2D eigenvalue weighted by atomic mass is 19.1. The second-order valence-corrected chi connectivity index (χ2v) is 8.24. The van der Waals surface area contributed by atoms with Gasteiger partial charge in [0.25, 0.3) is 0 Å². The third kappa shape index (κ3) is 4.67. The van der Waals surface area contributed by atoms with Crippen LogP contribution in [0.3, 0.4) is 0 Å². The van der Waals surface area contributed by atoms with E-state index in [4.69, 9.17) is 10.1 Å². The van der Waals surface area contributed by atoms with Gasteiger partial charge in [0.05, 0.1) is 12.0 Å². The lowest BCUT2D eigenvalue weighted by Crippen LogP contribution is -2.39. The number of Topliss-reactive ketones (excluding diaryl/α,β-unsaturated/α-hetero) is 1. The van der Waals surface area contributed by atoms with Crippen LogP contribution in [0.5, 0.6) is 0 Å². The second-order valence-electron chi connectivity index (χ2n) is 8.24. The lowest BCUT2D eigenvalue weighted by atomic mass is 9.75. The minimum atomic E-state index is -0.924. The summed E-state index contributed by atoms with van der Waals surface area (Å²) in [6.07, 6.45) is 3.57. The maximum absolute atomic E-state index is 14.2. The summed E-state index contributed by atoms with van der Waals surface area (Å²) < 4.78 is 16.0. The van der Waals surface area contributed by atoms with Gasteiger partial charge in [-0.15, -0.1) is 6.58 Å². The average Bonchev–Trinajstić information content (AvgIpc) is 3.22. The van der Waals surface area contributed by atoms with E-state index >= 15 is 0 Å². The molecule has 2 N–H and O–H groups in total. The highest BCUT2D eigenvalue weighted by Crippen LogP contribution is 2.38. The van der Waals surface area contributed by atoms with Crippen molar-refractivity contribution in [3.05, 3.63) is 89.4 Å². The summed E-state index contributed by atoms with van der Waals surface area (Å²) in [6.45, 7) is 14.3. The van der Waals surface area contributed by atoms with Crippen LogP contribution in [0.25, 0.3) is 0 Å². The average molecular weight is 450 g/mol. The van der Waals surface area contributed by atoms with Crippen LogP contribution >= 0.6 is 0 Å². The van der Waals surface area contributed by atoms with Gasteiger partial charge in [0.1, 0.15) is 23.1 Å². The molecule has 6 nitrogen and oxygen atoms in total. The molecule has 2 aromatic rings. The molecule has 33 heavy (non-hydrogen) atoms. The summed E-state index contributed by atoms with van der Waals surface area (Å²) in [4.78, 5) is 17.7. The van der Waals surface area contributed by atoms with Gasteiger partial charge in [-0.25, -0.2) is 9.38 Å². The van der Waals surface area contributed by atoms with Crippen molar-refractivity contribution in [1.29, 1.82) is 0 Å². The number of carbonyl (C=O) groups excluding carboxylic acids is 1. The first kappa shape index (κ1) is 24.2. The van der Waals surface area contributed by atoms with Crippen LogP contribution < -0.4 is 10.6 Å². The van der Waals surface area contributed by atoms with Gasteiger partial charge in [-0.05, 0) is 31.9 Å². The Hall–Kier alpha value is -3.48. The monoisotopic (exact) mass is 449 g/mol. The van der Waals surface area contributed by atoms with Gasteiger partial charge in [-0.2, -0.15) is 5.10 Å². The van der Waals surface area contributed by atoms with E-state index in [2.05, 4.69) is 23.8 Å². The maximum atomic E-state index is 14.2. The molecule has 1 aromatic heterocycles. The molecule has 0 bridgehead atoms. The van der Waals surface area contributed by atoms with Gasteiger partial charge < -0.3 is 10.6 Å². The van der Waals surface area contributed by atoms with Crippen molar-refractivity contribution in [1.82, 2.24) is 20.4 Å². The fraction of sp³-hybridized carbons (Fsp3) is 0.346. The number of amidine groups is 1. The molecule has 1 aromatic carbocycles. The van der Waals surface area contributed by atoms with Gasteiger partial charge in [-0.1, -0.05) is 44.7 Å². The van der Waals surface area contributed by atoms with E-state index in [-0.39, 0.29) is 11.6 Å². The number of aromatic nitrogens is 2. The van der Waals surface area contributed by atoms with Crippen molar-refractivity contribution >= 4 is 11.6 Å². The zero-order valence-electron chi connectivity index (χ0n) is 19.8. The van der Waals surface area contributed by atoms with E-state index in [1.807, 2.05) is 32.9 Å². The Labute approximate surface area is 195 Å². The molecule has 1 unspecified atom stereocenters. The van der Waals surface area contributed by atoms with Crippen molar-refractivity contribution in [2.24, 2.45) is 10.4 Å². The zero-order chi connectivity index (χ0) is 24.2. The number of carbonyl (C=O) groups is 1. The molecule has 174 valence electrons. The van der Waals surface area contributed by atoms with E-state index in [0.29, 0.717) is 47.1 Å². The molecule has 0 amide bonds. The summed E-state index contributed by atoms with van der Waals surface area (Å²) >= 11 is 0.